The molecule has 0 saturated heterocycles. The largest absolute Gasteiger partial charge is 0.508 e. The van der Waals surface area contributed by atoms with Gasteiger partial charge in [0, 0.05) is 12.1 Å². The van der Waals surface area contributed by atoms with Crippen LogP contribution in [0.3, 0.4) is 0 Å². The van der Waals surface area contributed by atoms with Gasteiger partial charge in [0.1, 0.15) is 23.1 Å². The highest BCUT2D eigenvalue weighted by molar-refractivity contribution is 6.31. The number of carboxylic acid groups (broad SMARTS) is 1. The zero-order valence-electron chi connectivity index (χ0n) is 10.9. The smallest absolute Gasteiger partial charge is 0.341 e. The Hall–Kier alpha value is -2.05. The Morgan fingerprint density at radius 1 is 1.05 bits per heavy atom. The van der Waals surface area contributed by atoms with Crippen molar-refractivity contribution in [2.24, 2.45) is 0 Å². The Bertz CT molecular complexity index is 665. The molecule has 2 aromatic rings. The number of hydrogen-bond acceptors (Lipinski definition) is 3. The third kappa shape index (κ3) is 6.15. The van der Waals surface area contributed by atoms with Crippen molar-refractivity contribution in [3.63, 3.8) is 0 Å². The molecule has 0 amide bonds. The molecule has 0 heterocycles. The maximum absolute atomic E-state index is 12.6. The number of ether oxygens (including phenoxy) is 1. The summed E-state index contributed by atoms with van der Waals surface area (Å²) >= 11 is 10.7. The van der Waals surface area contributed by atoms with E-state index in [9.17, 15) is 13.6 Å². The highest BCUT2D eigenvalue weighted by atomic mass is 35.5. The summed E-state index contributed by atoms with van der Waals surface area (Å²) < 4.78 is 29.6. The fourth-order valence-electron chi connectivity index (χ4n) is 1.20. The highest BCUT2D eigenvalue weighted by Crippen LogP contribution is 2.21. The van der Waals surface area contributed by atoms with Gasteiger partial charge in [0.25, 0.3) is 0 Å². The molecule has 0 saturated carbocycles. The predicted octanol–water partition coefficient (Wildman–Crippen LogP) is 4.13. The normalized spacial score (nSPS) is 9.64. The Morgan fingerprint density at radius 3 is 2.05 bits per heavy atom. The highest BCUT2D eigenvalue weighted by Gasteiger charge is 2.03. The molecular weight excluding hydrogens is 341 g/mol. The van der Waals surface area contributed by atoms with Crippen LogP contribution in [0.15, 0.2) is 36.4 Å². The van der Waals surface area contributed by atoms with E-state index in [0.29, 0.717) is 0 Å². The van der Waals surface area contributed by atoms with E-state index in [4.69, 9.17) is 38.2 Å². The number of benzene rings is 2. The van der Waals surface area contributed by atoms with Crippen LogP contribution in [0.2, 0.25) is 10.0 Å². The number of carboxylic acids is 1. The van der Waals surface area contributed by atoms with Gasteiger partial charge in [-0.25, -0.2) is 13.6 Å². The molecule has 2 N–H and O–H groups in total. The molecule has 2 aromatic carbocycles. The van der Waals surface area contributed by atoms with Gasteiger partial charge in [0.05, 0.1) is 10.0 Å². The zero-order chi connectivity index (χ0) is 16.7. The standard InChI is InChI=1S/C8H6ClFO3.C6H4ClFO/c9-6-3-5(1-2-7(6)10)13-4-8(11)12;7-5-3-4(9)1-2-6(5)8/h1-3H,4H2,(H,11,12);1-3,9H. The molecule has 0 aliphatic carbocycles. The third-order valence-electron chi connectivity index (χ3n) is 2.16. The molecule has 22 heavy (non-hydrogen) atoms. The lowest BCUT2D eigenvalue weighted by atomic mass is 10.3. The molecule has 0 bridgehead atoms. The Labute approximate surface area is 134 Å². The lowest BCUT2D eigenvalue weighted by Gasteiger charge is -2.02. The number of aromatic hydroxyl groups is 1. The second-order valence-electron chi connectivity index (χ2n) is 3.86. The van der Waals surface area contributed by atoms with Crippen LogP contribution in [-0.4, -0.2) is 22.8 Å². The summed E-state index contributed by atoms with van der Waals surface area (Å²) in [5, 5.41) is 16.8. The zero-order valence-corrected chi connectivity index (χ0v) is 12.4. The fourth-order valence-corrected chi connectivity index (χ4v) is 1.54. The van der Waals surface area contributed by atoms with E-state index < -0.39 is 24.2 Å². The quantitative estimate of drug-likeness (QED) is 0.873. The molecule has 0 aliphatic rings. The summed E-state index contributed by atoms with van der Waals surface area (Å²) in [5.74, 6) is -1.98. The van der Waals surface area contributed by atoms with Gasteiger partial charge < -0.3 is 14.9 Å². The first-order valence-corrected chi connectivity index (χ1v) is 6.49. The van der Waals surface area contributed by atoms with E-state index in [-0.39, 0.29) is 21.5 Å². The molecule has 0 aromatic heterocycles. The molecule has 0 atom stereocenters. The van der Waals surface area contributed by atoms with Crippen LogP contribution in [-0.2, 0) is 4.79 Å². The van der Waals surface area contributed by atoms with Crippen molar-refractivity contribution in [1.82, 2.24) is 0 Å². The number of phenolic OH excluding ortho intramolecular Hbond substituents is 1. The van der Waals surface area contributed by atoms with Gasteiger partial charge in [-0.2, -0.15) is 0 Å². The second kappa shape index (κ2) is 8.41. The monoisotopic (exact) mass is 350 g/mol. The van der Waals surface area contributed by atoms with Gasteiger partial charge in [0.2, 0.25) is 0 Å². The van der Waals surface area contributed by atoms with Gasteiger partial charge in [-0.05, 0) is 24.3 Å². The van der Waals surface area contributed by atoms with Gasteiger partial charge in [-0.3, -0.25) is 0 Å². The minimum absolute atomic E-state index is 0.0265. The van der Waals surface area contributed by atoms with Crippen LogP contribution in [0.1, 0.15) is 0 Å². The van der Waals surface area contributed by atoms with Gasteiger partial charge in [0.15, 0.2) is 6.61 Å². The van der Waals surface area contributed by atoms with Gasteiger partial charge in [-0.1, -0.05) is 23.2 Å². The Morgan fingerprint density at radius 2 is 1.59 bits per heavy atom. The Balaban J connectivity index is 0.000000235. The van der Waals surface area contributed by atoms with E-state index in [1.54, 1.807) is 0 Å². The predicted molar refractivity (Wildman–Crippen MR) is 77.6 cm³/mol. The summed E-state index contributed by atoms with van der Waals surface area (Å²) in [7, 11) is 0. The van der Waals surface area contributed by atoms with E-state index in [1.165, 1.54) is 18.2 Å². The molecule has 118 valence electrons. The second-order valence-corrected chi connectivity index (χ2v) is 4.67. The van der Waals surface area contributed by atoms with Crippen LogP contribution < -0.4 is 4.74 Å². The SMILES string of the molecule is O=C(O)COc1ccc(F)c(Cl)c1.Oc1ccc(F)c(Cl)c1. The van der Waals surface area contributed by atoms with Crippen LogP contribution in [0.25, 0.3) is 0 Å². The number of carbonyl (C=O) groups is 1. The molecule has 0 radical (unpaired) electrons. The Kier molecular flexibility index (Phi) is 6.88. The van der Waals surface area contributed by atoms with Crippen molar-refractivity contribution >= 4 is 29.2 Å². The molecule has 0 fully saturated rings. The maximum Gasteiger partial charge on any atom is 0.341 e. The minimum atomic E-state index is -1.10. The number of rotatable bonds is 3. The summed E-state index contributed by atoms with van der Waals surface area (Å²) in [6.07, 6.45) is 0. The molecule has 0 aliphatic heterocycles. The topological polar surface area (TPSA) is 66.8 Å². The first-order chi connectivity index (χ1) is 10.3. The molecule has 4 nitrogen and oxygen atoms in total. The number of halogens is 4. The van der Waals surface area contributed by atoms with Crippen molar-refractivity contribution in [1.29, 1.82) is 0 Å². The maximum atomic E-state index is 12.6. The molecule has 2 rings (SSSR count). The van der Waals surface area contributed by atoms with Crippen molar-refractivity contribution in [3.8, 4) is 11.5 Å². The van der Waals surface area contributed by atoms with Crippen LogP contribution in [0.4, 0.5) is 8.78 Å². The van der Waals surface area contributed by atoms with E-state index in [1.807, 2.05) is 0 Å². The number of hydrogen-bond donors (Lipinski definition) is 2. The van der Waals surface area contributed by atoms with E-state index in [2.05, 4.69) is 0 Å². The van der Waals surface area contributed by atoms with Crippen LogP contribution in [0.5, 0.6) is 11.5 Å². The van der Waals surface area contributed by atoms with Gasteiger partial charge in [-0.15, -0.1) is 0 Å². The molecule has 0 unspecified atom stereocenters. The summed E-state index contributed by atoms with van der Waals surface area (Å²) in [6.45, 7) is -0.470. The van der Waals surface area contributed by atoms with Crippen molar-refractivity contribution in [2.45, 2.75) is 0 Å². The van der Waals surface area contributed by atoms with Crippen LogP contribution in [0, 0.1) is 11.6 Å². The lowest BCUT2D eigenvalue weighted by Crippen LogP contribution is -2.09. The van der Waals surface area contributed by atoms with E-state index in [0.717, 1.165) is 18.2 Å². The van der Waals surface area contributed by atoms with Crippen molar-refractivity contribution < 1.29 is 28.5 Å². The first-order valence-electron chi connectivity index (χ1n) is 5.73. The van der Waals surface area contributed by atoms with E-state index >= 15 is 0 Å². The lowest BCUT2D eigenvalue weighted by molar-refractivity contribution is -0.139. The van der Waals surface area contributed by atoms with Crippen molar-refractivity contribution in [2.75, 3.05) is 6.61 Å². The summed E-state index contributed by atoms with van der Waals surface area (Å²) in [5.41, 5.74) is 0. The van der Waals surface area contributed by atoms with Gasteiger partial charge >= 0.3 is 5.97 Å². The average Bonchev–Trinajstić information content (AvgIpc) is 2.45. The number of aliphatic carboxylic acids is 1. The fraction of sp³-hybridized carbons (Fsp3) is 0.0714. The summed E-state index contributed by atoms with van der Waals surface area (Å²) in [4.78, 5) is 10.1. The summed E-state index contributed by atoms with van der Waals surface area (Å²) in [6, 6.07) is 7.14. The first kappa shape index (κ1) is 18.0. The third-order valence-corrected chi connectivity index (χ3v) is 2.74. The minimum Gasteiger partial charge on any atom is -0.508 e. The molecule has 0 spiro atoms. The average molecular weight is 351 g/mol. The molecular formula is C14H10Cl2F2O4. The number of phenols is 1. The molecule has 8 heteroatoms. The van der Waals surface area contributed by atoms with Crippen molar-refractivity contribution in [3.05, 3.63) is 58.1 Å². The van der Waals surface area contributed by atoms with Crippen LogP contribution >= 0.6 is 23.2 Å².